The quantitative estimate of drug-likeness (QED) is 0.615. The fraction of sp³-hybridized carbons (Fsp3) is 0.407. The van der Waals surface area contributed by atoms with E-state index in [0.29, 0.717) is 0 Å². The minimum Gasteiger partial charge on any atom is -0.368 e. The van der Waals surface area contributed by atoms with Crippen LogP contribution in [0.5, 0.6) is 0 Å². The van der Waals surface area contributed by atoms with Crippen molar-refractivity contribution >= 4 is 28.2 Å². The average Bonchev–Trinajstić information content (AvgIpc) is 2.88. The first-order valence-corrected chi connectivity index (χ1v) is 12.1. The molecule has 0 saturated carbocycles. The summed E-state index contributed by atoms with van der Waals surface area (Å²) < 4.78 is 0. The van der Waals surface area contributed by atoms with Crippen molar-refractivity contribution in [3.8, 4) is 11.3 Å². The Morgan fingerprint density at radius 1 is 0.848 bits per heavy atom. The molecule has 2 saturated heterocycles. The van der Waals surface area contributed by atoms with Gasteiger partial charge in [0.15, 0.2) is 0 Å². The molecule has 5 rings (SSSR count). The molecule has 0 N–H and O–H groups in total. The van der Waals surface area contributed by atoms with Crippen LogP contribution in [0.1, 0.15) is 13.8 Å². The van der Waals surface area contributed by atoms with Crippen molar-refractivity contribution in [1.29, 1.82) is 0 Å². The predicted molar refractivity (Wildman–Crippen MR) is 136 cm³/mol. The molecule has 3 heterocycles. The zero-order valence-electron chi connectivity index (χ0n) is 19.7. The van der Waals surface area contributed by atoms with Gasteiger partial charge in [-0.25, -0.2) is 4.98 Å². The number of rotatable bonds is 4. The van der Waals surface area contributed by atoms with E-state index in [9.17, 15) is 4.79 Å². The fourth-order valence-corrected chi connectivity index (χ4v) is 4.97. The largest absolute Gasteiger partial charge is 0.368 e. The lowest BCUT2D eigenvalue weighted by molar-refractivity contribution is -0.129. The molecule has 0 unspecified atom stereocenters. The van der Waals surface area contributed by atoms with E-state index in [2.05, 4.69) is 76.2 Å². The van der Waals surface area contributed by atoms with Gasteiger partial charge in [-0.05, 0) is 30.1 Å². The molecule has 3 aromatic rings. The Morgan fingerprint density at radius 3 is 2.18 bits per heavy atom. The maximum atomic E-state index is 11.6. The molecular formula is C27H33N5O. The van der Waals surface area contributed by atoms with Crippen molar-refractivity contribution in [2.24, 2.45) is 0 Å². The van der Waals surface area contributed by atoms with Crippen molar-refractivity contribution in [2.45, 2.75) is 13.8 Å². The predicted octanol–water partition coefficient (Wildman–Crippen LogP) is 3.71. The van der Waals surface area contributed by atoms with E-state index in [4.69, 9.17) is 4.98 Å². The number of amides is 1. The molecule has 2 fully saturated rings. The molecule has 2 aliphatic heterocycles. The number of hydrogen-bond donors (Lipinski definition) is 0. The number of pyridine rings is 1. The molecule has 2 aromatic carbocycles. The molecule has 0 radical (unpaired) electrons. The average molecular weight is 444 g/mol. The van der Waals surface area contributed by atoms with Crippen LogP contribution in [0.2, 0.25) is 0 Å². The Morgan fingerprint density at radius 2 is 1.52 bits per heavy atom. The number of fused-ring (bicyclic) bond motifs is 1. The Labute approximate surface area is 196 Å². The second-order valence-corrected chi connectivity index (χ2v) is 9.01. The number of carbonyl (C=O) groups is 1. The van der Waals surface area contributed by atoms with Crippen molar-refractivity contribution in [2.75, 3.05) is 68.7 Å². The van der Waals surface area contributed by atoms with Gasteiger partial charge in [0.2, 0.25) is 5.91 Å². The van der Waals surface area contributed by atoms with E-state index < -0.39 is 0 Å². The van der Waals surface area contributed by atoms with Crippen LogP contribution >= 0.6 is 0 Å². The molecule has 0 atom stereocenters. The van der Waals surface area contributed by atoms with Gasteiger partial charge >= 0.3 is 0 Å². The topological polar surface area (TPSA) is 42.9 Å². The summed E-state index contributed by atoms with van der Waals surface area (Å²) in [7, 11) is 0. The van der Waals surface area contributed by atoms with Crippen LogP contribution in [0.15, 0.2) is 54.6 Å². The van der Waals surface area contributed by atoms with E-state index >= 15 is 0 Å². The number of carbonyl (C=O) groups excluding carboxylic acids is 1. The van der Waals surface area contributed by atoms with Gasteiger partial charge < -0.3 is 19.6 Å². The van der Waals surface area contributed by atoms with Crippen LogP contribution < -0.4 is 9.80 Å². The van der Waals surface area contributed by atoms with Gasteiger partial charge in [0.25, 0.3) is 0 Å². The van der Waals surface area contributed by atoms with Crippen LogP contribution in [0.25, 0.3) is 22.0 Å². The lowest BCUT2D eigenvalue weighted by atomic mass is 10.1. The molecular weight excluding hydrogens is 410 g/mol. The monoisotopic (exact) mass is 443 g/mol. The third-order valence-corrected chi connectivity index (χ3v) is 7.09. The minimum atomic E-state index is 0.166. The SMILES string of the molecule is CCN1CCN(c2nc(-c3ccc(N4CCN(C(C)=O)CC4)cc3)cc3ccccc23)CC1. The zero-order valence-corrected chi connectivity index (χ0v) is 19.7. The van der Waals surface area contributed by atoms with E-state index in [1.807, 2.05) is 4.90 Å². The number of nitrogens with zero attached hydrogens (tertiary/aromatic N) is 5. The molecule has 0 aliphatic carbocycles. The highest BCUT2D eigenvalue weighted by Gasteiger charge is 2.21. The fourth-order valence-electron chi connectivity index (χ4n) is 4.97. The molecule has 2 aliphatic rings. The van der Waals surface area contributed by atoms with Crippen molar-refractivity contribution in [3.05, 3.63) is 54.6 Å². The smallest absolute Gasteiger partial charge is 0.219 e. The van der Waals surface area contributed by atoms with E-state index in [-0.39, 0.29) is 5.91 Å². The Kier molecular flexibility index (Phi) is 6.18. The van der Waals surface area contributed by atoms with Gasteiger partial charge in [0.1, 0.15) is 5.82 Å². The Hall–Kier alpha value is -3.12. The molecule has 1 amide bonds. The second-order valence-electron chi connectivity index (χ2n) is 9.01. The Bertz CT molecular complexity index is 1110. The Balaban J connectivity index is 1.40. The van der Waals surface area contributed by atoms with Gasteiger partial charge in [0.05, 0.1) is 5.69 Å². The summed E-state index contributed by atoms with van der Waals surface area (Å²) >= 11 is 0. The third-order valence-electron chi connectivity index (χ3n) is 7.09. The molecule has 6 nitrogen and oxygen atoms in total. The van der Waals surface area contributed by atoms with Gasteiger partial charge in [-0.15, -0.1) is 0 Å². The number of hydrogen-bond acceptors (Lipinski definition) is 5. The third kappa shape index (κ3) is 4.53. The summed E-state index contributed by atoms with van der Waals surface area (Å²) in [4.78, 5) is 26.0. The molecule has 0 bridgehead atoms. The number of likely N-dealkylation sites (N-methyl/N-ethyl adjacent to an activating group) is 1. The van der Waals surface area contributed by atoms with Crippen LogP contribution in [-0.4, -0.2) is 79.6 Å². The van der Waals surface area contributed by atoms with Crippen LogP contribution in [0.3, 0.4) is 0 Å². The lowest BCUT2D eigenvalue weighted by Crippen LogP contribution is -2.48. The van der Waals surface area contributed by atoms with Crippen molar-refractivity contribution < 1.29 is 4.79 Å². The maximum absolute atomic E-state index is 11.6. The lowest BCUT2D eigenvalue weighted by Gasteiger charge is -2.36. The number of piperazine rings is 2. The first kappa shape index (κ1) is 21.7. The minimum absolute atomic E-state index is 0.166. The molecule has 172 valence electrons. The van der Waals surface area contributed by atoms with Crippen LogP contribution in [0, 0.1) is 0 Å². The standard InChI is InChI=1S/C27H33N5O/c1-3-29-12-14-32(15-13-29)27-25-7-5-4-6-23(25)20-26(28-27)22-8-10-24(11-9-22)31-18-16-30(17-19-31)21(2)33/h4-11,20H,3,12-19H2,1-2H3. The van der Waals surface area contributed by atoms with E-state index in [0.717, 1.165) is 76.0 Å². The maximum Gasteiger partial charge on any atom is 0.219 e. The molecule has 1 aromatic heterocycles. The van der Waals surface area contributed by atoms with Gasteiger partial charge in [0, 0.05) is 75.9 Å². The zero-order chi connectivity index (χ0) is 22.8. The molecule has 33 heavy (non-hydrogen) atoms. The summed E-state index contributed by atoms with van der Waals surface area (Å²) in [5.74, 6) is 1.27. The van der Waals surface area contributed by atoms with Gasteiger partial charge in [-0.1, -0.05) is 43.3 Å². The number of benzene rings is 2. The molecule has 6 heteroatoms. The first-order chi connectivity index (χ1) is 16.1. The summed E-state index contributed by atoms with van der Waals surface area (Å²) in [5, 5.41) is 2.46. The first-order valence-electron chi connectivity index (χ1n) is 12.1. The number of anilines is 2. The van der Waals surface area contributed by atoms with Crippen LogP contribution in [0.4, 0.5) is 11.5 Å². The summed E-state index contributed by atoms with van der Waals surface area (Å²) in [6.07, 6.45) is 0. The highest BCUT2D eigenvalue weighted by atomic mass is 16.2. The molecule has 0 spiro atoms. The highest BCUT2D eigenvalue weighted by molar-refractivity contribution is 5.95. The van der Waals surface area contributed by atoms with E-state index in [1.54, 1.807) is 6.92 Å². The number of aromatic nitrogens is 1. The summed E-state index contributed by atoms with van der Waals surface area (Å²) in [6.45, 7) is 12.5. The normalized spacial score (nSPS) is 17.6. The van der Waals surface area contributed by atoms with Gasteiger partial charge in [-0.2, -0.15) is 0 Å². The van der Waals surface area contributed by atoms with Crippen LogP contribution in [-0.2, 0) is 4.79 Å². The summed E-state index contributed by atoms with van der Waals surface area (Å²) in [6, 6.07) is 19.6. The van der Waals surface area contributed by atoms with Crippen molar-refractivity contribution in [3.63, 3.8) is 0 Å². The van der Waals surface area contributed by atoms with E-state index in [1.165, 1.54) is 16.5 Å². The summed E-state index contributed by atoms with van der Waals surface area (Å²) in [5.41, 5.74) is 3.37. The van der Waals surface area contributed by atoms with Gasteiger partial charge in [-0.3, -0.25) is 4.79 Å². The van der Waals surface area contributed by atoms with Crippen molar-refractivity contribution in [1.82, 2.24) is 14.8 Å². The highest BCUT2D eigenvalue weighted by Crippen LogP contribution is 2.31. The second kappa shape index (κ2) is 9.40.